The van der Waals surface area contributed by atoms with Crippen LogP contribution in [0.4, 0.5) is 0 Å². The van der Waals surface area contributed by atoms with Gasteiger partial charge in [-0.15, -0.1) is 24.0 Å². The maximum atomic E-state index is 5.70. The summed E-state index contributed by atoms with van der Waals surface area (Å²) >= 11 is 0. The van der Waals surface area contributed by atoms with E-state index in [0.29, 0.717) is 12.6 Å². The van der Waals surface area contributed by atoms with Crippen LogP contribution in [0.5, 0.6) is 5.75 Å². The summed E-state index contributed by atoms with van der Waals surface area (Å²) in [6, 6.07) is 11.2. The second-order valence-electron chi connectivity index (χ2n) is 6.41. The van der Waals surface area contributed by atoms with Gasteiger partial charge >= 0.3 is 0 Å². The zero-order chi connectivity index (χ0) is 17.2. The topological polar surface area (TPSA) is 48.9 Å². The summed E-state index contributed by atoms with van der Waals surface area (Å²) in [6.07, 6.45) is 3.62. The van der Waals surface area contributed by atoms with Crippen molar-refractivity contribution in [1.29, 1.82) is 0 Å². The van der Waals surface area contributed by atoms with E-state index in [0.717, 1.165) is 43.8 Å². The van der Waals surface area contributed by atoms with Crippen LogP contribution in [-0.4, -0.2) is 56.2 Å². The quantitative estimate of drug-likeness (QED) is 0.244. The molecule has 0 amide bonds. The number of aliphatic imine (C=N–C) groups is 1. The van der Waals surface area contributed by atoms with Crippen LogP contribution in [0.15, 0.2) is 35.3 Å². The summed E-state index contributed by atoms with van der Waals surface area (Å²) in [5, 5.41) is 6.70. The molecule has 0 heterocycles. The lowest BCUT2D eigenvalue weighted by molar-refractivity contribution is 0.253. The zero-order valence-electron chi connectivity index (χ0n) is 15.7. The highest BCUT2D eigenvalue weighted by atomic mass is 127. The highest BCUT2D eigenvalue weighted by Gasteiger charge is 2.28. The summed E-state index contributed by atoms with van der Waals surface area (Å²) in [5.74, 6) is 1.82. The van der Waals surface area contributed by atoms with Gasteiger partial charge in [0.15, 0.2) is 5.96 Å². The third kappa shape index (κ3) is 8.76. The van der Waals surface area contributed by atoms with E-state index < -0.39 is 0 Å². The highest BCUT2D eigenvalue weighted by molar-refractivity contribution is 14.0. The Morgan fingerprint density at radius 1 is 1.28 bits per heavy atom. The lowest BCUT2D eigenvalue weighted by Gasteiger charge is -2.23. The van der Waals surface area contributed by atoms with Crippen LogP contribution in [-0.2, 0) is 0 Å². The Morgan fingerprint density at radius 3 is 2.64 bits per heavy atom. The van der Waals surface area contributed by atoms with Crippen LogP contribution in [0.2, 0.25) is 0 Å². The van der Waals surface area contributed by atoms with Gasteiger partial charge in [-0.25, -0.2) is 0 Å². The molecule has 0 bridgehead atoms. The first-order valence-corrected chi connectivity index (χ1v) is 9.12. The predicted octanol–water partition coefficient (Wildman–Crippen LogP) is 3.11. The number of nitrogens with one attached hydrogen (secondary N) is 2. The van der Waals surface area contributed by atoms with E-state index >= 15 is 0 Å². The van der Waals surface area contributed by atoms with E-state index in [1.165, 1.54) is 12.8 Å². The van der Waals surface area contributed by atoms with Crippen molar-refractivity contribution in [3.05, 3.63) is 30.3 Å². The van der Waals surface area contributed by atoms with Gasteiger partial charge in [-0.05, 0) is 52.3 Å². The molecule has 6 heteroatoms. The molecule has 25 heavy (non-hydrogen) atoms. The molecule has 0 radical (unpaired) electrons. The number of ether oxygens (including phenoxy) is 1. The number of benzene rings is 1. The first-order chi connectivity index (χ1) is 11.7. The largest absolute Gasteiger partial charge is 0.494 e. The molecule has 0 aliphatic heterocycles. The maximum Gasteiger partial charge on any atom is 0.191 e. The number of likely N-dealkylation sites (N-methyl/N-ethyl adjacent to an activating group) is 1. The van der Waals surface area contributed by atoms with Gasteiger partial charge in [0.25, 0.3) is 0 Å². The first-order valence-electron chi connectivity index (χ1n) is 9.12. The van der Waals surface area contributed by atoms with Crippen LogP contribution >= 0.6 is 24.0 Å². The number of halogens is 1. The second kappa shape index (κ2) is 12.4. The molecule has 2 N–H and O–H groups in total. The van der Waals surface area contributed by atoms with E-state index in [9.17, 15) is 0 Å². The SMILES string of the molecule is CCNC(=NCC(C)N(C)C1CC1)NCCCOc1ccccc1.I. The number of guanidine groups is 1. The number of para-hydroxylation sites is 1. The number of rotatable bonds is 10. The summed E-state index contributed by atoms with van der Waals surface area (Å²) in [7, 11) is 2.21. The van der Waals surface area contributed by atoms with Crippen LogP contribution in [0, 0.1) is 0 Å². The van der Waals surface area contributed by atoms with E-state index in [4.69, 9.17) is 9.73 Å². The molecular weight excluding hydrogens is 427 g/mol. The molecule has 0 saturated heterocycles. The molecule has 0 spiro atoms. The Morgan fingerprint density at radius 2 is 2.00 bits per heavy atom. The van der Waals surface area contributed by atoms with E-state index in [2.05, 4.69) is 36.4 Å². The zero-order valence-corrected chi connectivity index (χ0v) is 18.0. The molecule has 142 valence electrons. The molecule has 2 rings (SSSR count). The van der Waals surface area contributed by atoms with Crippen LogP contribution in [0.1, 0.15) is 33.1 Å². The molecular formula is C19H33IN4O. The monoisotopic (exact) mass is 460 g/mol. The smallest absolute Gasteiger partial charge is 0.191 e. The summed E-state index contributed by atoms with van der Waals surface area (Å²) in [4.78, 5) is 7.16. The van der Waals surface area contributed by atoms with Crippen molar-refractivity contribution >= 4 is 29.9 Å². The molecule has 1 saturated carbocycles. The van der Waals surface area contributed by atoms with Crippen molar-refractivity contribution in [3.63, 3.8) is 0 Å². The van der Waals surface area contributed by atoms with Gasteiger partial charge < -0.3 is 15.4 Å². The Hall–Kier alpha value is -1.02. The molecule has 1 aromatic rings. The van der Waals surface area contributed by atoms with E-state index in [-0.39, 0.29) is 24.0 Å². The van der Waals surface area contributed by atoms with Crippen LogP contribution in [0.25, 0.3) is 0 Å². The van der Waals surface area contributed by atoms with Crippen molar-refractivity contribution in [2.24, 2.45) is 4.99 Å². The third-order valence-corrected chi connectivity index (χ3v) is 4.30. The molecule has 1 aliphatic carbocycles. The average Bonchev–Trinajstić information content (AvgIpc) is 3.44. The van der Waals surface area contributed by atoms with Gasteiger partial charge in [-0.1, -0.05) is 18.2 Å². The highest BCUT2D eigenvalue weighted by Crippen LogP contribution is 2.26. The van der Waals surface area contributed by atoms with Crippen molar-refractivity contribution in [2.75, 3.05) is 33.3 Å². The second-order valence-corrected chi connectivity index (χ2v) is 6.41. The first kappa shape index (κ1) is 22.0. The Kier molecular flexibility index (Phi) is 10.9. The molecule has 1 fully saturated rings. The van der Waals surface area contributed by atoms with Gasteiger partial charge in [0.1, 0.15) is 5.75 Å². The van der Waals surface area contributed by atoms with Crippen molar-refractivity contribution in [2.45, 2.75) is 45.2 Å². The van der Waals surface area contributed by atoms with Gasteiger partial charge in [0.2, 0.25) is 0 Å². The number of hydrogen-bond donors (Lipinski definition) is 2. The van der Waals surface area contributed by atoms with Gasteiger partial charge in [-0.2, -0.15) is 0 Å². The van der Waals surface area contributed by atoms with E-state index in [1.807, 2.05) is 30.3 Å². The minimum absolute atomic E-state index is 0. The molecule has 1 atom stereocenters. The fraction of sp³-hybridized carbons (Fsp3) is 0.632. The standard InChI is InChI=1S/C19H32N4O.HI/c1-4-20-19(22-15-16(2)23(3)17-11-12-17)21-13-8-14-24-18-9-6-5-7-10-18;/h5-7,9-10,16-17H,4,8,11-15H2,1-3H3,(H2,20,21,22);1H. The van der Waals surface area contributed by atoms with Crippen molar-refractivity contribution in [1.82, 2.24) is 15.5 Å². The molecule has 1 aromatic carbocycles. The molecule has 1 unspecified atom stereocenters. The molecule has 1 aliphatic rings. The lowest BCUT2D eigenvalue weighted by Crippen LogP contribution is -2.40. The lowest BCUT2D eigenvalue weighted by atomic mass is 10.3. The van der Waals surface area contributed by atoms with Crippen molar-refractivity contribution in [3.8, 4) is 5.75 Å². The summed E-state index contributed by atoms with van der Waals surface area (Å²) in [5.41, 5.74) is 0. The van der Waals surface area contributed by atoms with Gasteiger partial charge in [0.05, 0.1) is 13.2 Å². The fourth-order valence-electron chi connectivity index (χ4n) is 2.52. The Balaban J connectivity index is 0.00000312. The van der Waals surface area contributed by atoms with Crippen LogP contribution < -0.4 is 15.4 Å². The molecule has 5 nitrogen and oxygen atoms in total. The van der Waals surface area contributed by atoms with E-state index in [1.54, 1.807) is 0 Å². The Bertz CT molecular complexity index is 493. The summed E-state index contributed by atoms with van der Waals surface area (Å²) in [6.45, 7) is 7.60. The minimum Gasteiger partial charge on any atom is -0.494 e. The van der Waals surface area contributed by atoms with Crippen LogP contribution in [0.3, 0.4) is 0 Å². The average molecular weight is 460 g/mol. The van der Waals surface area contributed by atoms with Gasteiger partial charge in [0, 0.05) is 25.2 Å². The third-order valence-electron chi connectivity index (χ3n) is 4.30. The Labute approximate surface area is 169 Å². The summed E-state index contributed by atoms with van der Waals surface area (Å²) < 4.78 is 5.70. The predicted molar refractivity (Wildman–Crippen MR) is 116 cm³/mol. The minimum atomic E-state index is 0. The van der Waals surface area contributed by atoms with Crippen molar-refractivity contribution < 1.29 is 4.74 Å². The number of nitrogens with zero attached hydrogens (tertiary/aromatic N) is 2. The normalized spacial score (nSPS) is 15.4. The fourth-order valence-corrected chi connectivity index (χ4v) is 2.52. The number of hydrogen-bond acceptors (Lipinski definition) is 3. The van der Waals surface area contributed by atoms with Gasteiger partial charge in [-0.3, -0.25) is 9.89 Å². The maximum absolute atomic E-state index is 5.70. The molecule has 0 aromatic heterocycles.